The van der Waals surface area contributed by atoms with Crippen LogP contribution in [0.25, 0.3) is 0 Å². The average Bonchev–Trinajstić information content (AvgIpc) is 2.92. The Morgan fingerprint density at radius 2 is 1.40 bits per heavy atom. The van der Waals surface area contributed by atoms with Crippen molar-refractivity contribution >= 4 is 75.4 Å². The van der Waals surface area contributed by atoms with Crippen molar-refractivity contribution in [1.29, 1.82) is 0 Å². The van der Waals surface area contributed by atoms with Gasteiger partial charge in [0.15, 0.2) is 20.3 Å². The van der Waals surface area contributed by atoms with Gasteiger partial charge in [-0.2, -0.15) is 5.10 Å². The molecule has 2 unspecified atom stereocenters. The molecule has 0 bridgehead atoms. The van der Waals surface area contributed by atoms with Gasteiger partial charge in [-0.25, -0.2) is 14.5 Å². The molecule has 0 saturated heterocycles. The van der Waals surface area contributed by atoms with Crippen LogP contribution in [0.3, 0.4) is 0 Å². The third-order valence-electron chi connectivity index (χ3n) is 6.08. The zero-order chi connectivity index (χ0) is 32.7. The molecule has 0 aliphatic heterocycles. The standard InChI is InChI=1S/C22H40Cl4N5O9P3.2Na/c1-29(12-6-22(32,41(33,34)35)42(36,37)38)11-3-17-40-21-5-2-4-20(18-21)19-27-28-43(39,30(13-7-23)14-8-24)31(15-9-25)16-10-26;;/h2,4-5,18-19,32H,3,6-17H2,1H3,(H,28,39)(H2,33,34,35)(H2,36,37,38);;/q;2*+1/p-2/b27-19+;;. The summed E-state index contributed by atoms with van der Waals surface area (Å²) < 4.78 is 45.8. The molecule has 45 heavy (non-hydrogen) atoms. The van der Waals surface area contributed by atoms with Crippen LogP contribution in [-0.2, 0) is 13.7 Å². The molecule has 14 nitrogen and oxygen atoms in total. The molecule has 0 amide bonds. The number of hydrazone groups is 1. The summed E-state index contributed by atoms with van der Waals surface area (Å²) in [5.74, 6) is 1.37. The Morgan fingerprint density at radius 1 is 0.911 bits per heavy atom. The van der Waals surface area contributed by atoms with Gasteiger partial charge in [0.2, 0.25) is 0 Å². The minimum Gasteiger partial charge on any atom is -0.776 e. The van der Waals surface area contributed by atoms with E-state index in [2.05, 4.69) is 10.3 Å². The second-order valence-corrected chi connectivity index (χ2v) is 17.1. The topological polar surface area (TPSA) is 201 Å². The van der Waals surface area contributed by atoms with Gasteiger partial charge in [0.25, 0.3) is 0 Å². The van der Waals surface area contributed by atoms with E-state index in [9.17, 15) is 28.6 Å². The predicted molar refractivity (Wildman–Crippen MR) is 168 cm³/mol. The van der Waals surface area contributed by atoms with Crippen LogP contribution in [0.15, 0.2) is 29.4 Å². The van der Waals surface area contributed by atoms with Crippen LogP contribution in [0.5, 0.6) is 5.75 Å². The van der Waals surface area contributed by atoms with E-state index >= 15 is 0 Å². The second kappa shape index (κ2) is 24.2. The van der Waals surface area contributed by atoms with Crippen molar-refractivity contribution in [2.75, 3.05) is 76.4 Å². The maximum absolute atomic E-state index is 14.1. The van der Waals surface area contributed by atoms with Crippen LogP contribution >= 0.6 is 69.2 Å². The van der Waals surface area contributed by atoms with Crippen molar-refractivity contribution in [3.05, 3.63) is 29.8 Å². The molecule has 0 aliphatic carbocycles. The molecule has 0 heterocycles. The Hall–Kier alpha value is 2.02. The zero-order valence-electron chi connectivity index (χ0n) is 25.5. The van der Waals surface area contributed by atoms with E-state index in [1.54, 1.807) is 33.6 Å². The van der Waals surface area contributed by atoms with Crippen molar-refractivity contribution in [3.8, 4) is 5.75 Å². The Bertz CT molecular complexity index is 1110. The summed E-state index contributed by atoms with van der Waals surface area (Å²) in [5.41, 5.74) is 0.632. The quantitative estimate of drug-likeness (QED) is 0.0210. The number of ether oxygens (including phenoxy) is 1. The summed E-state index contributed by atoms with van der Waals surface area (Å²) in [6, 6.07) is 6.90. The van der Waals surface area contributed by atoms with E-state index in [1.807, 2.05) is 0 Å². The van der Waals surface area contributed by atoms with Crippen LogP contribution in [-0.4, -0.2) is 117 Å². The first-order valence-corrected chi connectivity index (χ1v) is 19.9. The first-order valence-electron chi connectivity index (χ1n) is 13.0. The smallest absolute Gasteiger partial charge is 0.776 e. The Morgan fingerprint density at radius 3 is 1.84 bits per heavy atom. The molecular formula is C22H38Cl4N5Na2O9P3. The fraction of sp³-hybridized carbons (Fsp3) is 0.682. The number of hydrogen-bond acceptors (Lipinski definition) is 9. The molecule has 0 aliphatic rings. The number of hydrogen-bond donors (Lipinski definition) is 4. The van der Waals surface area contributed by atoms with Gasteiger partial charge in [-0.1, -0.05) is 12.1 Å². The summed E-state index contributed by atoms with van der Waals surface area (Å²) >= 11 is 23.8. The number of halogens is 4. The Labute approximate surface area is 328 Å². The van der Waals surface area contributed by atoms with E-state index in [1.165, 1.54) is 18.2 Å². The van der Waals surface area contributed by atoms with E-state index in [0.29, 0.717) is 24.3 Å². The predicted octanol–water partition coefficient (Wildman–Crippen LogP) is -3.89. The fourth-order valence-electron chi connectivity index (χ4n) is 3.74. The number of nitrogens with zero attached hydrogens (tertiary/aromatic N) is 4. The molecule has 1 rings (SSSR count). The third kappa shape index (κ3) is 16.3. The van der Waals surface area contributed by atoms with Crippen LogP contribution in [0, 0.1) is 0 Å². The average molecular weight is 797 g/mol. The van der Waals surface area contributed by atoms with E-state index in [4.69, 9.17) is 60.9 Å². The molecular weight excluding hydrogens is 759 g/mol. The number of alkyl halides is 4. The molecule has 0 fully saturated rings. The summed E-state index contributed by atoms with van der Waals surface area (Å²) in [5, 5.41) is 13.2. The minimum atomic E-state index is -5.81. The second-order valence-electron chi connectivity index (χ2n) is 9.21. The SMILES string of the molecule is CN(CCCOc1cccc(/C=N/NP(=O)(N(CCCl)CCCl)N(CCCl)CCCl)c1)CCC(O)(P(=O)([O-])O)P(=O)([O-])O.[Na+].[Na+]. The largest absolute Gasteiger partial charge is 1.00 e. The molecule has 1 aromatic carbocycles. The number of benzene rings is 1. The molecule has 0 saturated carbocycles. The van der Waals surface area contributed by atoms with E-state index in [0.717, 1.165) is 0 Å². The molecule has 4 N–H and O–H groups in total. The van der Waals surface area contributed by atoms with Crippen molar-refractivity contribution in [2.45, 2.75) is 17.9 Å². The maximum atomic E-state index is 14.1. The summed E-state index contributed by atoms with van der Waals surface area (Å²) in [6.45, 7) is 1.42. The van der Waals surface area contributed by atoms with Gasteiger partial charge in [0, 0.05) is 69.2 Å². The molecule has 0 spiro atoms. The normalized spacial score (nSPS) is 16.1. The van der Waals surface area contributed by atoms with Crippen LogP contribution in [0.4, 0.5) is 0 Å². The zero-order valence-corrected chi connectivity index (χ0v) is 35.2. The summed E-state index contributed by atoms with van der Waals surface area (Å²) in [6.07, 6.45) is 0.944. The van der Waals surface area contributed by atoms with Gasteiger partial charge in [-0.05, 0) is 31.2 Å². The van der Waals surface area contributed by atoms with E-state index < -0.39 is 34.3 Å². The fourth-order valence-corrected chi connectivity index (χ4v) is 9.38. The van der Waals surface area contributed by atoms with Crippen molar-refractivity contribution in [3.63, 3.8) is 0 Å². The van der Waals surface area contributed by atoms with Crippen molar-refractivity contribution in [1.82, 2.24) is 19.4 Å². The van der Waals surface area contributed by atoms with Gasteiger partial charge in [0.05, 0.1) is 12.8 Å². The molecule has 23 heteroatoms. The Kier molecular flexibility index (Phi) is 26.5. The number of aliphatic hydroxyl groups is 1. The van der Waals surface area contributed by atoms with Crippen LogP contribution < -0.4 is 78.8 Å². The van der Waals surface area contributed by atoms with Crippen LogP contribution in [0.2, 0.25) is 0 Å². The van der Waals surface area contributed by atoms with Gasteiger partial charge in [-0.15, -0.1) is 46.4 Å². The number of nitrogens with one attached hydrogen (secondary N) is 1. The number of rotatable bonds is 23. The molecule has 2 atom stereocenters. The first-order chi connectivity index (χ1) is 20.1. The van der Waals surface area contributed by atoms with Crippen molar-refractivity contribution < 1.29 is 102 Å². The Balaban J connectivity index is 0. The minimum absolute atomic E-state index is 0. The maximum Gasteiger partial charge on any atom is 1.00 e. The monoisotopic (exact) mass is 795 g/mol. The summed E-state index contributed by atoms with van der Waals surface area (Å²) in [4.78, 5) is 42.4. The molecule has 0 radical (unpaired) electrons. The van der Waals surface area contributed by atoms with Crippen LogP contribution in [0.1, 0.15) is 18.4 Å². The van der Waals surface area contributed by atoms with Gasteiger partial charge in [0.1, 0.15) is 5.75 Å². The molecule has 250 valence electrons. The molecule has 0 aromatic heterocycles. The van der Waals surface area contributed by atoms with Gasteiger partial charge < -0.3 is 43.4 Å². The molecule has 1 aromatic rings. The first kappa shape index (κ1) is 49.1. The van der Waals surface area contributed by atoms with Gasteiger partial charge in [-0.3, -0.25) is 4.57 Å². The van der Waals surface area contributed by atoms with Crippen molar-refractivity contribution in [2.24, 2.45) is 5.10 Å². The third-order valence-corrected chi connectivity index (χ3v) is 13.2. The van der Waals surface area contributed by atoms with Gasteiger partial charge >= 0.3 is 66.7 Å². The van der Waals surface area contributed by atoms with E-state index in [-0.39, 0.29) is 122 Å². The summed E-state index contributed by atoms with van der Waals surface area (Å²) in [7, 11) is -13.6.